The Balaban J connectivity index is 1.40. The van der Waals surface area contributed by atoms with Crippen molar-refractivity contribution in [2.45, 2.75) is 44.1 Å². The second-order valence-electron chi connectivity index (χ2n) is 8.28. The molecule has 1 aliphatic carbocycles. The molecule has 1 heterocycles. The lowest BCUT2D eigenvalue weighted by molar-refractivity contribution is -0.136. The molecule has 2 amide bonds. The normalized spacial score (nSPS) is 20.6. The number of halogens is 1. The van der Waals surface area contributed by atoms with Crippen molar-refractivity contribution in [2.75, 3.05) is 13.1 Å². The highest BCUT2D eigenvalue weighted by Crippen LogP contribution is 2.42. The third-order valence-electron chi connectivity index (χ3n) is 6.29. The van der Waals surface area contributed by atoms with Crippen LogP contribution in [0.3, 0.4) is 0 Å². The first-order chi connectivity index (χ1) is 14.1. The van der Waals surface area contributed by atoms with E-state index in [2.05, 4.69) is 33.4 Å². The van der Waals surface area contributed by atoms with E-state index in [0.717, 1.165) is 48.7 Å². The van der Waals surface area contributed by atoms with Crippen LogP contribution in [0.4, 0.5) is 0 Å². The summed E-state index contributed by atoms with van der Waals surface area (Å²) in [5, 5.41) is 3.35. The zero-order valence-electron chi connectivity index (χ0n) is 16.6. The molecule has 1 saturated carbocycles. The molecule has 0 radical (unpaired) electrons. The monoisotopic (exact) mass is 454 g/mol. The molecule has 2 aromatic rings. The standard InChI is InChI=1S/C24H27BrN2O2/c25-21-11-4-10-20(16-21)24(12-6-13-24)26-23(29)19-9-5-14-27(17-19)22(28)15-18-7-2-1-3-8-18/h1-4,7-8,10-11,16,19H,5-6,9,12-15,17H2,(H,26,29). The van der Waals surface area contributed by atoms with Gasteiger partial charge < -0.3 is 10.2 Å². The van der Waals surface area contributed by atoms with Gasteiger partial charge in [0.2, 0.25) is 11.8 Å². The van der Waals surface area contributed by atoms with E-state index in [-0.39, 0.29) is 23.3 Å². The fourth-order valence-corrected chi connectivity index (χ4v) is 4.84. The smallest absolute Gasteiger partial charge is 0.227 e. The van der Waals surface area contributed by atoms with Gasteiger partial charge in [-0.25, -0.2) is 0 Å². The zero-order valence-corrected chi connectivity index (χ0v) is 18.2. The van der Waals surface area contributed by atoms with Crippen LogP contribution < -0.4 is 5.32 Å². The van der Waals surface area contributed by atoms with Crippen LogP contribution in [0.5, 0.6) is 0 Å². The fourth-order valence-electron chi connectivity index (χ4n) is 4.44. The predicted octanol–water partition coefficient (Wildman–Crippen LogP) is 4.43. The molecule has 1 unspecified atom stereocenters. The van der Waals surface area contributed by atoms with Gasteiger partial charge in [0, 0.05) is 17.6 Å². The van der Waals surface area contributed by atoms with Gasteiger partial charge in [-0.2, -0.15) is 0 Å². The van der Waals surface area contributed by atoms with Gasteiger partial charge in [-0.15, -0.1) is 0 Å². The maximum atomic E-state index is 13.1. The number of carbonyl (C=O) groups excluding carboxylic acids is 2. The highest BCUT2D eigenvalue weighted by molar-refractivity contribution is 9.10. The van der Waals surface area contributed by atoms with Crippen molar-refractivity contribution >= 4 is 27.7 Å². The Labute approximate surface area is 180 Å². The highest BCUT2D eigenvalue weighted by Gasteiger charge is 2.42. The molecule has 1 atom stereocenters. The molecule has 1 aliphatic heterocycles. The Hall–Kier alpha value is -2.14. The van der Waals surface area contributed by atoms with E-state index in [1.807, 2.05) is 47.4 Å². The number of nitrogens with zero attached hydrogens (tertiary/aromatic N) is 1. The maximum absolute atomic E-state index is 13.1. The van der Waals surface area contributed by atoms with Gasteiger partial charge >= 0.3 is 0 Å². The molecule has 1 N–H and O–H groups in total. The SMILES string of the molecule is O=C(NC1(c2cccc(Br)c2)CCC1)C1CCCN(C(=O)Cc2ccccc2)C1. The van der Waals surface area contributed by atoms with E-state index in [4.69, 9.17) is 0 Å². The zero-order chi connectivity index (χ0) is 20.3. The summed E-state index contributed by atoms with van der Waals surface area (Å²) in [7, 11) is 0. The van der Waals surface area contributed by atoms with Gasteiger partial charge in [0.25, 0.3) is 0 Å². The van der Waals surface area contributed by atoms with Crippen molar-refractivity contribution in [1.82, 2.24) is 10.2 Å². The number of benzene rings is 2. The molecular weight excluding hydrogens is 428 g/mol. The van der Waals surface area contributed by atoms with Crippen molar-refractivity contribution in [3.05, 3.63) is 70.2 Å². The molecule has 0 spiro atoms. The number of rotatable bonds is 5. The van der Waals surface area contributed by atoms with Gasteiger partial charge in [0.1, 0.15) is 0 Å². The number of piperidine rings is 1. The Morgan fingerprint density at radius 1 is 1.07 bits per heavy atom. The van der Waals surface area contributed by atoms with E-state index in [1.54, 1.807) is 0 Å². The first kappa shape index (κ1) is 20.1. The average Bonchev–Trinajstić information content (AvgIpc) is 2.71. The first-order valence-corrected chi connectivity index (χ1v) is 11.2. The van der Waals surface area contributed by atoms with Crippen molar-refractivity contribution in [3.8, 4) is 0 Å². The Morgan fingerprint density at radius 2 is 1.86 bits per heavy atom. The van der Waals surface area contributed by atoms with Gasteiger partial charge in [-0.05, 0) is 55.4 Å². The molecule has 4 nitrogen and oxygen atoms in total. The molecule has 4 rings (SSSR count). The predicted molar refractivity (Wildman–Crippen MR) is 117 cm³/mol. The molecule has 1 saturated heterocycles. The van der Waals surface area contributed by atoms with Crippen molar-refractivity contribution < 1.29 is 9.59 Å². The number of hydrogen-bond donors (Lipinski definition) is 1. The Morgan fingerprint density at radius 3 is 2.55 bits per heavy atom. The lowest BCUT2D eigenvalue weighted by Crippen LogP contribution is -2.55. The van der Waals surface area contributed by atoms with Crippen molar-refractivity contribution in [1.29, 1.82) is 0 Å². The lowest BCUT2D eigenvalue weighted by Gasteiger charge is -2.44. The van der Waals surface area contributed by atoms with E-state index in [1.165, 1.54) is 5.56 Å². The molecule has 2 aliphatic rings. The highest BCUT2D eigenvalue weighted by atomic mass is 79.9. The third kappa shape index (κ3) is 4.55. The summed E-state index contributed by atoms with van der Waals surface area (Å²) in [4.78, 5) is 27.7. The molecule has 2 fully saturated rings. The number of carbonyl (C=O) groups is 2. The molecule has 0 bridgehead atoms. The molecule has 2 aromatic carbocycles. The second kappa shape index (κ2) is 8.70. The van der Waals surface area contributed by atoms with E-state index in [0.29, 0.717) is 13.0 Å². The van der Waals surface area contributed by atoms with Crippen molar-refractivity contribution in [3.63, 3.8) is 0 Å². The summed E-state index contributed by atoms with van der Waals surface area (Å²) in [6.45, 7) is 1.26. The number of nitrogens with one attached hydrogen (secondary N) is 1. The molecule has 29 heavy (non-hydrogen) atoms. The topological polar surface area (TPSA) is 49.4 Å². The minimum Gasteiger partial charge on any atom is -0.346 e. The van der Waals surface area contributed by atoms with Crippen LogP contribution in [0.15, 0.2) is 59.1 Å². The summed E-state index contributed by atoms with van der Waals surface area (Å²) in [5.41, 5.74) is 1.93. The molecule has 0 aromatic heterocycles. The minimum atomic E-state index is -0.253. The van der Waals surface area contributed by atoms with E-state index in [9.17, 15) is 9.59 Å². The van der Waals surface area contributed by atoms with Gasteiger partial charge in [0.05, 0.1) is 17.9 Å². The van der Waals surface area contributed by atoms with Crippen LogP contribution in [0.1, 0.15) is 43.2 Å². The van der Waals surface area contributed by atoms with Crippen LogP contribution in [0, 0.1) is 5.92 Å². The number of likely N-dealkylation sites (tertiary alicyclic amines) is 1. The van der Waals surface area contributed by atoms with Gasteiger partial charge in [-0.1, -0.05) is 58.4 Å². The van der Waals surface area contributed by atoms with E-state index < -0.39 is 0 Å². The maximum Gasteiger partial charge on any atom is 0.227 e. The quantitative estimate of drug-likeness (QED) is 0.726. The van der Waals surface area contributed by atoms with Crippen LogP contribution in [0.2, 0.25) is 0 Å². The molecular formula is C24H27BrN2O2. The summed E-state index contributed by atoms with van der Waals surface area (Å²) in [6, 6.07) is 18.1. The molecule has 5 heteroatoms. The Bertz CT molecular complexity index is 879. The summed E-state index contributed by atoms with van der Waals surface area (Å²) in [6.07, 6.45) is 5.19. The molecule has 152 valence electrons. The average molecular weight is 455 g/mol. The van der Waals surface area contributed by atoms with Crippen LogP contribution in [-0.4, -0.2) is 29.8 Å². The van der Waals surface area contributed by atoms with Crippen molar-refractivity contribution in [2.24, 2.45) is 5.92 Å². The van der Waals surface area contributed by atoms with Crippen LogP contribution >= 0.6 is 15.9 Å². The fraction of sp³-hybridized carbons (Fsp3) is 0.417. The summed E-state index contributed by atoms with van der Waals surface area (Å²) >= 11 is 3.54. The van der Waals surface area contributed by atoms with Crippen LogP contribution in [-0.2, 0) is 21.5 Å². The third-order valence-corrected chi connectivity index (χ3v) is 6.78. The van der Waals surface area contributed by atoms with Crippen LogP contribution in [0.25, 0.3) is 0 Å². The minimum absolute atomic E-state index is 0.0851. The number of hydrogen-bond acceptors (Lipinski definition) is 2. The largest absolute Gasteiger partial charge is 0.346 e. The first-order valence-electron chi connectivity index (χ1n) is 10.5. The van der Waals surface area contributed by atoms with E-state index >= 15 is 0 Å². The lowest BCUT2D eigenvalue weighted by atomic mass is 9.71. The van der Waals surface area contributed by atoms with Gasteiger partial charge in [0.15, 0.2) is 0 Å². The second-order valence-corrected chi connectivity index (χ2v) is 9.19. The number of amides is 2. The summed E-state index contributed by atoms with van der Waals surface area (Å²) < 4.78 is 1.03. The van der Waals surface area contributed by atoms with Gasteiger partial charge in [-0.3, -0.25) is 9.59 Å². The Kier molecular flexibility index (Phi) is 6.04. The summed E-state index contributed by atoms with van der Waals surface area (Å²) in [5.74, 6) is 0.0639.